The van der Waals surface area contributed by atoms with Gasteiger partial charge < -0.3 is 9.42 Å². The number of rotatable bonds is 26. The average Bonchev–Trinajstić information content (AvgIpc) is 2.82. The van der Waals surface area contributed by atoms with Crippen LogP contribution in [0.3, 0.4) is 0 Å². The van der Waals surface area contributed by atoms with E-state index in [1.807, 2.05) is 0 Å². The van der Waals surface area contributed by atoms with Crippen LogP contribution in [-0.2, 0) is 16.3 Å². The summed E-state index contributed by atoms with van der Waals surface area (Å²) in [7, 11) is 0. The second-order valence-corrected chi connectivity index (χ2v) is 20.0. The summed E-state index contributed by atoms with van der Waals surface area (Å²) in [5.74, 6) is 0.882. The van der Waals surface area contributed by atoms with Gasteiger partial charge in [-0.2, -0.15) is 0 Å². The molecule has 2 nitrogen and oxygen atoms in total. The Morgan fingerprint density at radius 1 is 0.588 bits per heavy atom. The molecule has 0 aliphatic rings. The van der Waals surface area contributed by atoms with Gasteiger partial charge in [-0.1, -0.05) is 116 Å². The molecule has 1 atom stereocenters. The van der Waals surface area contributed by atoms with Crippen molar-refractivity contribution >= 4 is 50.0 Å². The number of unbranched alkanes of at least 4 members (excludes halogenated alkanes) is 16. The third-order valence-corrected chi connectivity index (χ3v) is 14.3. The predicted octanol–water partition coefficient (Wildman–Crippen LogP) is 10.7. The van der Waals surface area contributed by atoms with Gasteiger partial charge in [0, 0.05) is 5.69 Å². The first-order valence-electron chi connectivity index (χ1n) is 14.8. The van der Waals surface area contributed by atoms with Crippen LogP contribution in [0.15, 0.2) is 0 Å². The van der Waals surface area contributed by atoms with Crippen LogP contribution < -0.4 is 4.89 Å². The van der Waals surface area contributed by atoms with Crippen LogP contribution in [0.5, 0.6) is 0 Å². The van der Waals surface area contributed by atoms with Crippen LogP contribution in [0, 0.1) is 0 Å². The fourth-order valence-electron chi connectivity index (χ4n) is 3.59. The molecule has 0 spiro atoms. The van der Waals surface area contributed by atoms with Crippen molar-refractivity contribution in [2.24, 2.45) is 0 Å². The molecule has 0 aromatic carbocycles. The Morgan fingerprint density at radius 3 is 1.41 bits per heavy atom. The Hall–Kier alpha value is 1.72. The Bertz CT molecular complexity index is 382. The van der Waals surface area contributed by atoms with Crippen LogP contribution in [0.4, 0.5) is 0 Å². The summed E-state index contributed by atoms with van der Waals surface area (Å²) in [6.45, 7) is 9.65. The maximum absolute atomic E-state index is 12.2. The first-order valence-corrected chi connectivity index (χ1v) is 23.1. The van der Waals surface area contributed by atoms with Gasteiger partial charge in [0.05, 0.1) is 6.61 Å². The summed E-state index contributed by atoms with van der Waals surface area (Å²) in [5.41, 5.74) is -2.83. The molecule has 0 aliphatic carbocycles. The van der Waals surface area contributed by atoms with Crippen molar-refractivity contribution in [3.05, 3.63) is 0 Å². The van der Waals surface area contributed by atoms with Gasteiger partial charge in [0.2, 0.25) is 0 Å². The minimum absolute atomic E-state index is 0.149. The van der Waals surface area contributed by atoms with E-state index in [-0.39, 0.29) is 21.1 Å². The fraction of sp³-hybridized carbons (Fsp3) is 1.00. The second-order valence-electron chi connectivity index (χ2n) is 9.52. The predicted molar refractivity (Wildman–Crippen MR) is 163 cm³/mol. The zero-order chi connectivity index (χ0) is 25.6. The molecule has 0 amide bonds. The van der Waals surface area contributed by atoms with Crippen LogP contribution in [0.25, 0.3) is 0 Å². The number of hydrogen-bond acceptors (Lipinski definition) is 4. The minimum atomic E-state index is -2.83. The topological polar surface area (TPSA) is 32.3 Å². The van der Waals surface area contributed by atoms with Crippen molar-refractivity contribution in [2.75, 3.05) is 12.4 Å². The van der Waals surface area contributed by atoms with Crippen LogP contribution in [-0.4, -0.2) is 33.5 Å². The molecule has 0 radical (unpaired) electrons. The first-order chi connectivity index (χ1) is 16.5. The summed E-state index contributed by atoms with van der Waals surface area (Å²) < 4.78 is 8.73. The van der Waals surface area contributed by atoms with Gasteiger partial charge in [-0.3, -0.25) is 0 Å². The van der Waals surface area contributed by atoms with E-state index in [9.17, 15) is 4.89 Å². The zero-order valence-corrected chi connectivity index (χ0v) is 28.9. The van der Waals surface area contributed by atoms with E-state index < -0.39 is 5.69 Å². The molecule has 0 fully saturated rings. The van der Waals surface area contributed by atoms with Crippen molar-refractivity contribution in [1.82, 2.24) is 0 Å². The molecule has 0 aromatic rings. The van der Waals surface area contributed by atoms with Crippen molar-refractivity contribution in [3.8, 4) is 0 Å². The van der Waals surface area contributed by atoms with E-state index in [0.29, 0.717) is 6.61 Å². The molecule has 0 aliphatic heterocycles. The van der Waals surface area contributed by atoms with E-state index in [1.165, 1.54) is 127 Å². The third-order valence-electron chi connectivity index (χ3n) is 5.91. The Morgan fingerprint density at radius 2 is 0.971 bits per heavy atom. The van der Waals surface area contributed by atoms with Crippen LogP contribution in [0.2, 0.25) is 8.87 Å². The molecule has 204 valence electrons. The van der Waals surface area contributed by atoms with Gasteiger partial charge in [0.25, 0.3) is 0 Å². The van der Waals surface area contributed by atoms with Gasteiger partial charge in [0.15, 0.2) is 0 Å². The Kier molecular flexibility index (Phi) is 36.5. The Labute approximate surface area is 235 Å². The third kappa shape index (κ3) is 35.9. The summed E-state index contributed by atoms with van der Waals surface area (Å²) in [6, 6.07) is 0. The molecular formula is C28H60O2PS2Sn+. The van der Waals surface area contributed by atoms with E-state index >= 15 is 0 Å². The molecule has 34 heavy (non-hydrogen) atoms. The summed E-state index contributed by atoms with van der Waals surface area (Å²) in [5, 5.41) is 0. The molecule has 6 heteroatoms. The quantitative estimate of drug-likeness (QED) is 0.0534. The van der Waals surface area contributed by atoms with Gasteiger partial charge in [-0.15, -0.1) is 11.4 Å². The summed E-state index contributed by atoms with van der Waals surface area (Å²) in [6.07, 6.45) is 26.4. The molecule has 0 saturated heterocycles. The van der Waals surface area contributed by atoms with Gasteiger partial charge in [-0.05, 0) is 18.6 Å². The molecular weight excluding hydrogens is 582 g/mol. The van der Waals surface area contributed by atoms with E-state index in [4.69, 9.17) is 16.3 Å². The SMILES string of the molecule is CCCCCCCCCCOP([O-])(=S)SCCCCCCCCCC.CCC[CH2][Sn+2][CH2]CCC. The number of hydrogen-bond donors (Lipinski definition) is 0. The fourth-order valence-corrected chi connectivity index (χ4v) is 11.1. The van der Waals surface area contributed by atoms with Crippen molar-refractivity contribution < 1.29 is 9.42 Å². The van der Waals surface area contributed by atoms with Crippen molar-refractivity contribution in [1.29, 1.82) is 0 Å². The van der Waals surface area contributed by atoms with E-state index in [2.05, 4.69) is 27.7 Å². The molecule has 0 aromatic heterocycles. The molecule has 0 bridgehead atoms. The zero-order valence-electron chi connectivity index (χ0n) is 23.6. The second kappa shape index (κ2) is 32.7. The van der Waals surface area contributed by atoms with Gasteiger partial charge in [0.1, 0.15) is 0 Å². The maximum atomic E-state index is 12.2. The van der Waals surface area contributed by atoms with Crippen LogP contribution in [0.1, 0.15) is 156 Å². The molecule has 0 saturated carbocycles. The van der Waals surface area contributed by atoms with Gasteiger partial charge >= 0.3 is 69.5 Å². The van der Waals surface area contributed by atoms with E-state index in [1.54, 1.807) is 8.87 Å². The monoisotopic (exact) mass is 643 g/mol. The molecule has 0 heterocycles. The average molecular weight is 643 g/mol. The first kappa shape index (κ1) is 37.9. The normalized spacial score (nSPS) is 12.6. The standard InChI is InChI=1S/C20H43O2PS2.2C4H9.Sn/c1-3-5-7-9-11-13-15-17-19-22-23(21,24)25-20-18-16-14-12-10-8-6-4-2;2*1-3-4-2;/h3-20H2,1-2H3,(H,21,24);2*1,3-4H2,2H3;/q;;;+2/p-1. The van der Waals surface area contributed by atoms with E-state index in [0.717, 1.165) is 18.6 Å². The molecule has 1 unspecified atom stereocenters. The van der Waals surface area contributed by atoms with Crippen molar-refractivity contribution in [2.45, 2.75) is 165 Å². The van der Waals surface area contributed by atoms with Gasteiger partial charge in [-0.25, -0.2) is 0 Å². The Balaban J connectivity index is 0. The summed E-state index contributed by atoms with van der Waals surface area (Å²) >= 11 is 6.66. The van der Waals surface area contributed by atoms with Crippen LogP contribution >= 0.6 is 17.1 Å². The summed E-state index contributed by atoms with van der Waals surface area (Å²) in [4.78, 5) is 12.2. The molecule has 0 N–H and O–H groups in total. The van der Waals surface area contributed by atoms with Crippen molar-refractivity contribution in [3.63, 3.8) is 0 Å². The molecule has 0 rings (SSSR count).